The standard InChI is InChI=1S/C23H27ClN4O2/c1-17-2-4-18(5-3-17)16-27-14-15-28(23(27)30)21-10-12-26(13-11-21)22(29)25-20-8-6-19(24)7-9-20/h2-9,21H,10-16H2,1H3,(H,25,29). The zero-order valence-corrected chi connectivity index (χ0v) is 17.9. The number of hydrogen-bond acceptors (Lipinski definition) is 2. The number of likely N-dealkylation sites (tertiary alicyclic amines) is 1. The van der Waals surface area contributed by atoms with Crippen molar-refractivity contribution in [3.8, 4) is 0 Å². The first-order valence-corrected chi connectivity index (χ1v) is 10.8. The van der Waals surface area contributed by atoms with Crippen LogP contribution in [0.3, 0.4) is 0 Å². The predicted molar refractivity (Wildman–Crippen MR) is 119 cm³/mol. The summed E-state index contributed by atoms with van der Waals surface area (Å²) in [7, 11) is 0. The minimum absolute atomic E-state index is 0.107. The van der Waals surface area contributed by atoms with Crippen molar-refractivity contribution in [2.75, 3.05) is 31.5 Å². The van der Waals surface area contributed by atoms with Crippen molar-refractivity contribution in [3.05, 3.63) is 64.7 Å². The van der Waals surface area contributed by atoms with E-state index in [9.17, 15) is 9.59 Å². The van der Waals surface area contributed by atoms with Gasteiger partial charge in [-0.1, -0.05) is 41.4 Å². The maximum atomic E-state index is 12.9. The summed E-state index contributed by atoms with van der Waals surface area (Å²) in [6.45, 7) is 5.51. The van der Waals surface area contributed by atoms with Crippen LogP contribution in [0.25, 0.3) is 0 Å². The highest BCUT2D eigenvalue weighted by molar-refractivity contribution is 6.30. The maximum absolute atomic E-state index is 12.9. The molecule has 4 rings (SSSR count). The molecule has 2 aromatic carbocycles. The molecule has 2 heterocycles. The fourth-order valence-electron chi connectivity index (χ4n) is 4.12. The molecule has 2 saturated heterocycles. The van der Waals surface area contributed by atoms with Crippen LogP contribution in [0.1, 0.15) is 24.0 Å². The van der Waals surface area contributed by atoms with E-state index in [4.69, 9.17) is 11.6 Å². The molecule has 30 heavy (non-hydrogen) atoms. The largest absolute Gasteiger partial charge is 0.324 e. The Morgan fingerprint density at radius 2 is 1.67 bits per heavy atom. The van der Waals surface area contributed by atoms with Gasteiger partial charge in [-0.25, -0.2) is 9.59 Å². The number of piperidine rings is 1. The zero-order valence-electron chi connectivity index (χ0n) is 17.2. The number of rotatable bonds is 4. The first-order chi connectivity index (χ1) is 14.5. The second-order valence-corrected chi connectivity index (χ2v) is 8.47. The van der Waals surface area contributed by atoms with Crippen LogP contribution in [0.2, 0.25) is 5.02 Å². The van der Waals surface area contributed by atoms with Gasteiger partial charge < -0.3 is 20.0 Å². The molecule has 0 aromatic heterocycles. The lowest BCUT2D eigenvalue weighted by Gasteiger charge is -2.36. The average Bonchev–Trinajstić information content (AvgIpc) is 3.11. The van der Waals surface area contributed by atoms with Crippen LogP contribution in [0, 0.1) is 6.92 Å². The van der Waals surface area contributed by atoms with Gasteiger partial charge >= 0.3 is 12.1 Å². The van der Waals surface area contributed by atoms with Crippen LogP contribution in [-0.4, -0.2) is 59.0 Å². The van der Waals surface area contributed by atoms with Crippen LogP contribution in [0.15, 0.2) is 48.5 Å². The van der Waals surface area contributed by atoms with Crippen molar-refractivity contribution in [2.24, 2.45) is 0 Å². The van der Waals surface area contributed by atoms with Gasteiger partial charge in [-0.2, -0.15) is 0 Å². The molecule has 2 aromatic rings. The lowest BCUT2D eigenvalue weighted by molar-refractivity contribution is 0.139. The van der Waals surface area contributed by atoms with Gasteiger partial charge in [0.2, 0.25) is 0 Å². The van der Waals surface area contributed by atoms with Gasteiger partial charge in [0.05, 0.1) is 0 Å². The van der Waals surface area contributed by atoms with Crippen molar-refractivity contribution in [3.63, 3.8) is 0 Å². The third-order valence-corrected chi connectivity index (χ3v) is 6.16. The summed E-state index contributed by atoms with van der Waals surface area (Å²) < 4.78 is 0. The fraction of sp³-hybridized carbons (Fsp3) is 0.391. The molecule has 6 nitrogen and oxygen atoms in total. The summed E-state index contributed by atoms with van der Waals surface area (Å²) in [5.41, 5.74) is 3.11. The van der Waals surface area contributed by atoms with Gasteiger partial charge in [-0.15, -0.1) is 0 Å². The summed E-state index contributed by atoms with van der Waals surface area (Å²) in [4.78, 5) is 31.2. The molecule has 2 aliphatic heterocycles. The van der Waals surface area contributed by atoms with E-state index in [0.717, 1.165) is 37.2 Å². The van der Waals surface area contributed by atoms with Crippen LogP contribution in [-0.2, 0) is 6.54 Å². The normalized spacial score (nSPS) is 17.5. The third kappa shape index (κ3) is 4.70. The van der Waals surface area contributed by atoms with Crippen LogP contribution < -0.4 is 5.32 Å². The Morgan fingerprint density at radius 1 is 1.00 bits per heavy atom. The summed E-state index contributed by atoms with van der Waals surface area (Å²) >= 11 is 5.89. The average molecular weight is 427 g/mol. The number of hydrogen-bond donors (Lipinski definition) is 1. The number of carbonyl (C=O) groups is 2. The summed E-state index contributed by atoms with van der Waals surface area (Å²) in [6, 6.07) is 15.6. The summed E-state index contributed by atoms with van der Waals surface area (Å²) in [5.74, 6) is 0. The van der Waals surface area contributed by atoms with Gasteiger partial charge in [0.25, 0.3) is 0 Å². The Hall–Kier alpha value is -2.73. The lowest BCUT2D eigenvalue weighted by Crippen LogP contribution is -2.49. The smallest absolute Gasteiger partial charge is 0.321 e. The molecule has 0 radical (unpaired) electrons. The zero-order chi connectivity index (χ0) is 21.1. The molecule has 7 heteroatoms. The Labute approximate surface area is 182 Å². The van der Waals surface area contributed by atoms with E-state index in [1.807, 2.05) is 14.7 Å². The van der Waals surface area contributed by atoms with Gasteiger partial charge in [0.1, 0.15) is 0 Å². The van der Waals surface area contributed by atoms with E-state index in [1.54, 1.807) is 24.3 Å². The molecule has 2 fully saturated rings. The molecule has 2 aliphatic rings. The minimum atomic E-state index is -0.107. The quantitative estimate of drug-likeness (QED) is 0.777. The molecular formula is C23H27ClN4O2. The van der Waals surface area contributed by atoms with Crippen molar-refractivity contribution in [1.29, 1.82) is 0 Å². The number of urea groups is 2. The number of halogens is 1. The van der Waals surface area contributed by atoms with Crippen molar-refractivity contribution in [2.45, 2.75) is 32.4 Å². The van der Waals surface area contributed by atoms with E-state index in [-0.39, 0.29) is 18.1 Å². The molecule has 4 amide bonds. The number of carbonyl (C=O) groups excluding carboxylic acids is 2. The first kappa shape index (κ1) is 20.5. The molecular weight excluding hydrogens is 400 g/mol. The number of nitrogens with one attached hydrogen (secondary N) is 1. The molecule has 0 aliphatic carbocycles. The number of amides is 4. The second kappa shape index (κ2) is 8.96. The maximum Gasteiger partial charge on any atom is 0.321 e. The Morgan fingerprint density at radius 3 is 2.33 bits per heavy atom. The highest BCUT2D eigenvalue weighted by Gasteiger charge is 2.35. The molecule has 0 bridgehead atoms. The molecule has 0 atom stereocenters. The molecule has 0 unspecified atom stereocenters. The van der Waals surface area contributed by atoms with E-state index >= 15 is 0 Å². The third-order valence-electron chi connectivity index (χ3n) is 5.91. The van der Waals surface area contributed by atoms with E-state index in [1.165, 1.54) is 5.56 Å². The topological polar surface area (TPSA) is 55.9 Å². The number of aryl methyl sites for hydroxylation is 1. The second-order valence-electron chi connectivity index (χ2n) is 8.04. The first-order valence-electron chi connectivity index (χ1n) is 10.4. The molecule has 0 spiro atoms. The Bertz CT molecular complexity index is 892. The van der Waals surface area contributed by atoms with Crippen molar-refractivity contribution >= 4 is 29.4 Å². The van der Waals surface area contributed by atoms with Crippen molar-refractivity contribution in [1.82, 2.24) is 14.7 Å². The van der Waals surface area contributed by atoms with E-state index in [0.29, 0.717) is 24.7 Å². The summed E-state index contributed by atoms with van der Waals surface area (Å²) in [5, 5.41) is 3.55. The van der Waals surface area contributed by atoms with Crippen LogP contribution in [0.5, 0.6) is 0 Å². The SMILES string of the molecule is Cc1ccc(CN2CCN(C3CCN(C(=O)Nc4ccc(Cl)cc4)CC3)C2=O)cc1. The van der Waals surface area contributed by atoms with Gasteiger partial charge in [-0.3, -0.25) is 0 Å². The monoisotopic (exact) mass is 426 g/mol. The van der Waals surface area contributed by atoms with Crippen molar-refractivity contribution < 1.29 is 9.59 Å². The number of nitrogens with zero attached hydrogens (tertiary/aromatic N) is 3. The van der Waals surface area contributed by atoms with Gasteiger partial charge in [-0.05, 0) is 49.6 Å². The minimum Gasteiger partial charge on any atom is -0.324 e. The molecule has 0 saturated carbocycles. The van der Waals surface area contributed by atoms with Gasteiger partial charge in [0, 0.05) is 49.5 Å². The van der Waals surface area contributed by atoms with Crippen LogP contribution in [0.4, 0.5) is 15.3 Å². The molecule has 158 valence electrons. The predicted octanol–water partition coefficient (Wildman–Crippen LogP) is 4.58. The highest BCUT2D eigenvalue weighted by atomic mass is 35.5. The lowest BCUT2D eigenvalue weighted by atomic mass is 10.0. The molecule has 1 N–H and O–H groups in total. The Balaban J connectivity index is 1.27. The van der Waals surface area contributed by atoms with Gasteiger partial charge in [0.15, 0.2) is 0 Å². The summed E-state index contributed by atoms with van der Waals surface area (Å²) in [6.07, 6.45) is 1.61. The Kier molecular flexibility index (Phi) is 6.13. The number of anilines is 1. The number of benzene rings is 2. The highest BCUT2D eigenvalue weighted by Crippen LogP contribution is 2.23. The fourth-order valence-corrected chi connectivity index (χ4v) is 4.24. The van der Waals surface area contributed by atoms with E-state index in [2.05, 4.69) is 36.5 Å². The van der Waals surface area contributed by atoms with Crippen LogP contribution >= 0.6 is 11.6 Å². The van der Waals surface area contributed by atoms with E-state index < -0.39 is 0 Å².